The Balaban J connectivity index is 1.49. The van der Waals surface area contributed by atoms with Crippen LogP contribution in [0, 0.1) is 0 Å². The first-order valence-corrected chi connectivity index (χ1v) is 15.8. The van der Waals surface area contributed by atoms with Crippen molar-refractivity contribution in [3.05, 3.63) is 35.1 Å². The molecule has 2 N–H and O–H groups in total. The molecule has 0 saturated carbocycles. The first-order chi connectivity index (χ1) is 19.6. The third kappa shape index (κ3) is 6.18. The van der Waals surface area contributed by atoms with Crippen molar-refractivity contribution in [2.24, 2.45) is 0 Å². The van der Waals surface area contributed by atoms with Gasteiger partial charge in [0.2, 0.25) is 6.79 Å². The van der Waals surface area contributed by atoms with Gasteiger partial charge in [-0.15, -0.1) is 0 Å². The minimum absolute atomic E-state index is 0.0117. The second kappa shape index (κ2) is 11.3. The number of benzene rings is 1. The number of hydrogen-bond donors (Lipinski definition) is 2. The molecule has 1 aromatic rings. The molecule has 1 fully saturated rings. The molecular weight excluding hydrogens is 558 g/mol. The van der Waals surface area contributed by atoms with Gasteiger partial charge < -0.3 is 29.2 Å². The smallest absolute Gasteiger partial charge is 0.339 e. The van der Waals surface area contributed by atoms with E-state index in [2.05, 4.69) is 11.0 Å². The molecule has 0 aromatic heterocycles. The van der Waals surface area contributed by atoms with E-state index < -0.39 is 28.8 Å². The number of hydrogen-bond acceptors (Lipinski definition) is 10. The van der Waals surface area contributed by atoms with Gasteiger partial charge in [-0.1, -0.05) is 32.5 Å². The summed E-state index contributed by atoms with van der Waals surface area (Å²) in [7, 11) is 1.58. The summed E-state index contributed by atoms with van der Waals surface area (Å²) >= 11 is 1.10. The van der Waals surface area contributed by atoms with Gasteiger partial charge >= 0.3 is 5.97 Å². The predicted octanol–water partition coefficient (Wildman–Crippen LogP) is 4.47. The van der Waals surface area contributed by atoms with Crippen molar-refractivity contribution >= 4 is 22.8 Å². The number of thioether (sulfide) groups is 1. The molecule has 42 heavy (non-hydrogen) atoms. The van der Waals surface area contributed by atoms with Gasteiger partial charge in [0.1, 0.15) is 5.76 Å². The molecular formula is C32H45NO8S. The maximum absolute atomic E-state index is 14.1. The lowest BCUT2D eigenvalue weighted by atomic mass is 9.77. The van der Waals surface area contributed by atoms with E-state index in [0.717, 1.165) is 55.2 Å². The average Bonchev–Trinajstić information content (AvgIpc) is 3.55. The molecule has 1 aromatic carbocycles. The summed E-state index contributed by atoms with van der Waals surface area (Å²) in [4.78, 5) is 29.6. The van der Waals surface area contributed by atoms with Crippen LogP contribution in [0.2, 0.25) is 0 Å². The standard InChI is InChI=1S/C32H45NO8S/c1-29(2,3)42-25(34)18-32(37,12-7-10-30(4,5)36)28(35)41-27-24(38-6)17-31-11-8-13-33(31)14-9-20-15-22-23(40-19-39-22)16-21(20)26(27)31/h15-17,26-27,36-37H,7-14,18-19H2,1-6H3/t26-,27?,31?,32-/m1/s1. The SMILES string of the molecule is COC1=CC23CCCN2CCc2cc4c(cc2[C@@H]3C1OC(=O)[C@@](O)(CCCC(C)(C)O)CC(=O)SC(C)(C)C)OCO4. The number of aliphatic hydroxyl groups is 2. The number of nitrogens with zero attached hydrogens (tertiary/aromatic N) is 1. The Morgan fingerprint density at radius 3 is 2.48 bits per heavy atom. The van der Waals surface area contributed by atoms with Crippen molar-refractivity contribution in [2.75, 3.05) is 27.0 Å². The Hall–Kier alpha value is -2.27. The molecule has 0 bridgehead atoms. The molecule has 232 valence electrons. The van der Waals surface area contributed by atoms with Gasteiger partial charge in [0, 0.05) is 11.3 Å². The van der Waals surface area contributed by atoms with Gasteiger partial charge in [-0.05, 0) is 88.3 Å². The van der Waals surface area contributed by atoms with E-state index in [9.17, 15) is 19.8 Å². The number of carbonyl (C=O) groups excluding carboxylic acids is 2. The number of carbonyl (C=O) groups is 2. The van der Waals surface area contributed by atoms with Crippen LogP contribution in [0.1, 0.15) is 90.2 Å². The van der Waals surface area contributed by atoms with Crippen molar-refractivity contribution in [1.82, 2.24) is 4.90 Å². The Morgan fingerprint density at radius 1 is 1.10 bits per heavy atom. The Labute approximate surface area is 252 Å². The molecule has 5 rings (SSSR count). The van der Waals surface area contributed by atoms with Crippen molar-refractivity contribution in [2.45, 2.75) is 113 Å². The second-order valence-electron chi connectivity index (χ2n) is 13.8. The van der Waals surface area contributed by atoms with E-state index in [-0.39, 0.29) is 35.4 Å². The fraction of sp³-hybridized carbons (Fsp3) is 0.688. The summed E-state index contributed by atoms with van der Waals surface area (Å²) in [5.74, 6) is 0.792. The maximum Gasteiger partial charge on any atom is 0.339 e. The molecule has 2 unspecified atom stereocenters. The number of ether oxygens (including phenoxy) is 4. The van der Waals surface area contributed by atoms with Gasteiger partial charge in [-0.25, -0.2) is 4.79 Å². The van der Waals surface area contributed by atoms with Crippen LogP contribution in [0.4, 0.5) is 0 Å². The number of esters is 1. The van der Waals surface area contributed by atoms with Gasteiger partial charge in [0.15, 0.2) is 28.3 Å². The lowest BCUT2D eigenvalue weighted by molar-refractivity contribution is -0.175. The molecule has 9 nitrogen and oxygen atoms in total. The zero-order valence-corrected chi connectivity index (χ0v) is 26.5. The van der Waals surface area contributed by atoms with Gasteiger partial charge in [-0.3, -0.25) is 9.69 Å². The third-order valence-electron chi connectivity index (χ3n) is 8.81. The van der Waals surface area contributed by atoms with Crippen LogP contribution in [0.5, 0.6) is 11.5 Å². The van der Waals surface area contributed by atoms with E-state index in [4.69, 9.17) is 18.9 Å². The summed E-state index contributed by atoms with van der Waals surface area (Å²) < 4.78 is 23.2. The minimum atomic E-state index is -2.05. The third-order valence-corrected chi connectivity index (χ3v) is 9.80. The van der Waals surface area contributed by atoms with Crippen LogP contribution in [0.25, 0.3) is 0 Å². The van der Waals surface area contributed by atoms with Crippen molar-refractivity contribution < 1.29 is 38.7 Å². The van der Waals surface area contributed by atoms with Crippen LogP contribution in [0.15, 0.2) is 24.0 Å². The molecule has 10 heteroatoms. The molecule has 1 spiro atoms. The molecule has 0 amide bonds. The largest absolute Gasteiger partial charge is 0.497 e. The normalized spacial score (nSPS) is 26.4. The highest BCUT2D eigenvalue weighted by molar-refractivity contribution is 8.14. The minimum Gasteiger partial charge on any atom is -0.497 e. The highest BCUT2D eigenvalue weighted by Gasteiger charge is 2.59. The van der Waals surface area contributed by atoms with Gasteiger partial charge in [-0.2, -0.15) is 0 Å². The lowest BCUT2D eigenvalue weighted by Gasteiger charge is -2.39. The maximum atomic E-state index is 14.1. The van der Waals surface area contributed by atoms with Crippen LogP contribution >= 0.6 is 11.8 Å². The molecule has 4 aliphatic rings. The monoisotopic (exact) mass is 603 g/mol. The quantitative estimate of drug-likeness (QED) is 0.392. The van der Waals surface area contributed by atoms with Crippen molar-refractivity contribution in [1.29, 1.82) is 0 Å². The van der Waals surface area contributed by atoms with Crippen LogP contribution in [0.3, 0.4) is 0 Å². The van der Waals surface area contributed by atoms with E-state index in [0.29, 0.717) is 30.1 Å². The number of methoxy groups -OCH3 is 1. The van der Waals surface area contributed by atoms with E-state index >= 15 is 0 Å². The van der Waals surface area contributed by atoms with Crippen LogP contribution < -0.4 is 9.47 Å². The zero-order valence-electron chi connectivity index (χ0n) is 25.7. The zero-order chi connectivity index (χ0) is 30.5. The second-order valence-corrected chi connectivity index (χ2v) is 15.6. The lowest BCUT2D eigenvalue weighted by Crippen LogP contribution is -2.49. The number of fused-ring (bicyclic) bond motifs is 3. The molecule has 3 aliphatic heterocycles. The Bertz CT molecular complexity index is 1250. The summed E-state index contributed by atoms with van der Waals surface area (Å²) in [5, 5.41) is 21.8. The Kier molecular flexibility index (Phi) is 8.41. The summed E-state index contributed by atoms with van der Waals surface area (Å²) in [6.07, 6.45) is 4.32. The fourth-order valence-corrected chi connectivity index (χ4v) is 8.01. The summed E-state index contributed by atoms with van der Waals surface area (Å²) in [6, 6.07) is 4.05. The number of rotatable bonds is 9. The highest BCUT2D eigenvalue weighted by Crippen LogP contribution is 2.55. The molecule has 0 radical (unpaired) electrons. The molecule has 1 aliphatic carbocycles. The summed E-state index contributed by atoms with van der Waals surface area (Å²) in [6.45, 7) is 11.0. The molecule has 3 heterocycles. The molecule has 1 saturated heterocycles. The van der Waals surface area contributed by atoms with Crippen LogP contribution in [-0.4, -0.2) is 80.8 Å². The van der Waals surface area contributed by atoms with Crippen molar-refractivity contribution in [3.63, 3.8) is 0 Å². The topological polar surface area (TPSA) is 115 Å². The van der Waals surface area contributed by atoms with E-state index in [1.807, 2.05) is 32.9 Å². The first kappa shape index (κ1) is 31.2. The van der Waals surface area contributed by atoms with Crippen LogP contribution in [-0.2, 0) is 25.5 Å². The van der Waals surface area contributed by atoms with Gasteiger partial charge in [0.25, 0.3) is 0 Å². The van der Waals surface area contributed by atoms with Crippen molar-refractivity contribution in [3.8, 4) is 11.5 Å². The molecule has 4 atom stereocenters. The van der Waals surface area contributed by atoms with Gasteiger partial charge in [0.05, 0.1) is 30.6 Å². The first-order valence-electron chi connectivity index (χ1n) is 15.0. The van der Waals surface area contributed by atoms with E-state index in [1.54, 1.807) is 21.0 Å². The van der Waals surface area contributed by atoms with E-state index in [1.165, 1.54) is 0 Å². The fourth-order valence-electron chi connectivity index (χ4n) is 7.01. The summed E-state index contributed by atoms with van der Waals surface area (Å²) in [5.41, 5.74) is -1.29. The predicted molar refractivity (Wildman–Crippen MR) is 160 cm³/mol. The highest BCUT2D eigenvalue weighted by atomic mass is 32.2. The average molecular weight is 604 g/mol. The Morgan fingerprint density at radius 2 is 1.81 bits per heavy atom.